The summed E-state index contributed by atoms with van der Waals surface area (Å²) < 4.78 is 12.6. The van der Waals surface area contributed by atoms with E-state index in [9.17, 15) is 10.1 Å². The van der Waals surface area contributed by atoms with Crippen LogP contribution in [0.1, 0.15) is 18.1 Å². The van der Waals surface area contributed by atoms with Gasteiger partial charge >= 0.3 is 0 Å². The van der Waals surface area contributed by atoms with Crippen LogP contribution in [0.4, 0.5) is 5.69 Å². The highest BCUT2D eigenvalue weighted by atomic mass is 79.9. The van der Waals surface area contributed by atoms with Crippen LogP contribution in [-0.4, -0.2) is 12.5 Å². The molecule has 0 spiro atoms. The number of hydrogen-bond donors (Lipinski definition) is 1. The van der Waals surface area contributed by atoms with Gasteiger partial charge in [-0.1, -0.05) is 57.3 Å². The lowest BCUT2D eigenvalue weighted by Crippen LogP contribution is -2.13. The summed E-state index contributed by atoms with van der Waals surface area (Å²) in [7, 11) is 0. The van der Waals surface area contributed by atoms with Gasteiger partial charge in [-0.2, -0.15) is 5.26 Å². The van der Waals surface area contributed by atoms with E-state index in [0.29, 0.717) is 39.4 Å². The molecule has 3 rings (SSSR count). The van der Waals surface area contributed by atoms with E-state index >= 15 is 0 Å². The van der Waals surface area contributed by atoms with Crippen LogP contribution in [0, 0.1) is 11.3 Å². The number of halogens is 3. The van der Waals surface area contributed by atoms with E-state index in [0.717, 1.165) is 10.0 Å². The molecule has 0 aliphatic rings. The molecule has 3 aromatic rings. The number of amides is 1. The maximum atomic E-state index is 12.6. The van der Waals surface area contributed by atoms with Crippen molar-refractivity contribution in [2.24, 2.45) is 0 Å². The fourth-order valence-electron chi connectivity index (χ4n) is 2.89. The van der Waals surface area contributed by atoms with Crippen LogP contribution >= 0.6 is 39.1 Å². The van der Waals surface area contributed by atoms with Gasteiger partial charge in [0.2, 0.25) is 0 Å². The van der Waals surface area contributed by atoms with E-state index in [2.05, 4.69) is 21.2 Å². The first kappa shape index (κ1) is 24.7. The molecule has 0 saturated heterocycles. The highest BCUT2D eigenvalue weighted by Gasteiger charge is 2.15. The Bertz CT molecular complexity index is 1220. The third-order valence-electron chi connectivity index (χ3n) is 4.44. The summed E-state index contributed by atoms with van der Waals surface area (Å²) in [6.07, 6.45) is 1.44. The normalized spacial score (nSPS) is 10.9. The van der Waals surface area contributed by atoms with Gasteiger partial charge in [0.25, 0.3) is 5.91 Å². The summed E-state index contributed by atoms with van der Waals surface area (Å²) in [5, 5.41) is 13.0. The van der Waals surface area contributed by atoms with Gasteiger partial charge in [-0.3, -0.25) is 4.79 Å². The van der Waals surface area contributed by atoms with Gasteiger partial charge in [0.15, 0.2) is 11.5 Å². The fourth-order valence-corrected chi connectivity index (χ4v) is 3.69. The minimum absolute atomic E-state index is 0.0923. The van der Waals surface area contributed by atoms with E-state index in [4.69, 9.17) is 32.7 Å². The Balaban J connectivity index is 1.85. The first-order valence-electron chi connectivity index (χ1n) is 9.92. The molecule has 0 heterocycles. The quantitative estimate of drug-likeness (QED) is 0.238. The SMILES string of the molecule is CCOc1cc(/C=C(\C#N)C(=O)Nc2ccc(Cl)cc2)cc(Cl)c1OCc1ccccc1Br. The predicted octanol–water partition coefficient (Wildman–Crippen LogP) is 7.28. The zero-order valence-corrected chi connectivity index (χ0v) is 20.7. The van der Waals surface area contributed by atoms with Gasteiger partial charge in [0.1, 0.15) is 18.2 Å². The van der Waals surface area contributed by atoms with Crippen molar-refractivity contribution in [3.63, 3.8) is 0 Å². The van der Waals surface area contributed by atoms with Crippen molar-refractivity contribution in [3.05, 3.63) is 91.9 Å². The summed E-state index contributed by atoms with van der Waals surface area (Å²) in [6.45, 7) is 2.51. The number of anilines is 1. The Morgan fingerprint density at radius 3 is 2.52 bits per heavy atom. The molecule has 0 atom stereocenters. The number of nitrogens with zero attached hydrogens (tertiary/aromatic N) is 1. The smallest absolute Gasteiger partial charge is 0.266 e. The lowest BCUT2D eigenvalue weighted by molar-refractivity contribution is -0.112. The molecule has 3 aromatic carbocycles. The van der Waals surface area contributed by atoms with Gasteiger partial charge in [0.05, 0.1) is 11.6 Å². The maximum absolute atomic E-state index is 12.6. The second kappa shape index (κ2) is 11.8. The van der Waals surface area contributed by atoms with E-state index in [1.165, 1.54) is 6.08 Å². The van der Waals surface area contributed by atoms with E-state index in [1.54, 1.807) is 36.4 Å². The van der Waals surface area contributed by atoms with Gasteiger partial charge in [0, 0.05) is 20.7 Å². The highest BCUT2D eigenvalue weighted by Crippen LogP contribution is 2.38. The minimum atomic E-state index is -0.553. The first-order valence-corrected chi connectivity index (χ1v) is 11.5. The van der Waals surface area contributed by atoms with Crippen LogP contribution in [0.5, 0.6) is 11.5 Å². The molecule has 0 saturated carbocycles. The van der Waals surface area contributed by atoms with Gasteiger partial charge in [-0.05, 0) is 61.0 Å². The topological polar surface area (TPSA) is 71.3 Å². The zero-order valence-electron chi connectivity index (χ0n) is 17.6. The number of carbonyl (C=O) groups is 1. The average molecular weight is 546 g/mol. The summed E-state index contributed by atoms with van der Waals surface area (Å²) >= 11 is 15.8. The van der Waals surface area contributed by atoms with E-state index < -0.39 is 5.91 Å². The summed E-state index contributed by atoms with van der Waals surface area (Å²) in [4.78, 5) is 12.6. The summed E-state index contributed by atoms with van der Waals surface area (Å²) in [6, 6.07) is 19.5. The lowest BCUT2D eigenvalue weighted by atomic mass is 10.1. The number of nitrogens with one attached hydrogen (secondary N) is 1. The third-order valence-corrected chi connectivity index (χ3v) is 5.75. The molecule has 0 unspecified atom stereocenters. The van der Waals surface area contributed by atoms with Crippen molar-refractivity contribution < 1.29 is 14.3 Å². The molecule has 0 aromatic heterocycles. The van der Waals surface area contributed by atoms with Crippen molar-refractivity contribution in [2.75, 3.05) is 11.9 Å². The van der Waals surface area contributed by atoms with E-state index in [-0.39, 0.29) is 12.2 Å². The van der Waals surface area contributed by atoms with E-state index in [1.807, 2.05) is 37.3 Å². The zero-order chi connectivity index (χ0) is 23.8. The van der Waals surface area contributed by atoms with Crippen LogP contribution in [0.25, 0.3) is 6.08 Å². The molecule has 0 radical (unpaired) electrons. The second-order valence-electron chi connectivity index (χ2n) is 6.77. The molecule has 8 heteroatoms. The largest absolute Gasteiger partial charge is 0.490 e. The number of benzene rings is 3. The van der Waals surface area contributed by atoms with Gasteiger partial charge in [-0.15, -0.1) is 0 Å². The standard InChI is InChI=1S/C25H19BrCl2N2O3/c1-2-32-23-13-16(11-18(14-29)25(31)30-20-9-7-19(27)8-10-20)12-22(28)24(23)33-15-17-5-3-4-6-21(17)26/h3-13H,2,15H2,1H3,(H,30,31)/b18-11+. The van der Waals surface area contributed by atoms with Crippen LogP contribution in [-0.2, 0) is 11.4 Å². The fraction of sp³-hybridized carbons (Fsp3) is 0.120. The Labute approximate surface area is 210 Å². The van der Waals surface area contributed by atoms with Gasteiger partial charge in [-0.25, -0.2) is 0 Å². The first-order chi connectivity index (χ1) is 15.9. The van der Waals surface area contributed by atoms with Crippen molar-refractivity contribution in [2.45, 2.75) is 13.5 Å². The van der Waals surface area contributed by atoms with Crippen molar-refractivity contribution >= 4 is 56.8 Å². The Hall–Kier alpha value is -2.98. The summed E-state index contributed by atoms with van der Waals surface area (Å²) in [5.41, 5.74) is 1.91. The molecule has 0 fully saturated rings. The predicted molar refractivity (Wildman–Crippen MR) is 135 cm³/mol. The molecule has 33 heavy (non-hydrogen) atoms. The number of carbonyl (C=O) groups excluding carboxylic acids is 1. The molecule has 5 nitrogen and oxygen atoms in total. The number of ether oxygens (including phenoxy) is 2. The molecule has 1 amide bonds. The molecular weight excluding hydrogens is 527 g/mol. The third kappa shape index (κ3) is 6.75. The molecule has 0 aliphatic heterocycles. The highest BCUT2D eigenvalue weighted by molar-refractivity contribution is 9.10. The molecular formula is C25H19BrCl2N2O3. The van der Waals surface area contributed by atoms with Crippen LogP contribution in [0.15, 0.2) is 70.7 Å². The Morgan fingerprint density at radius 1 is 1.12 bits per heavy atom. The second-order valence-corrected chi connectivity index (χ2v) is 8.47. The molecule has 168 valence electrons. The number of hydrogen-bond acceptors (Lipinski definition) is 4. The Morgan fingerprint density at radius 2 is 1.85 bits per heavy atom. The Kier molecular flexibility index (Phi) is 8.79. The molecule has 0 bridgehead atoms. The number of rotatable bonds is 8. The van der Waals surface area contributed by atoms with Gasteiger partial charge < -0.3 is 14.8 Å². The molecule has 0 aliphatic carbocycles. The summed E-state index contributed by atoms with van der Waals surface area (Å²) in [5.74, 6) is 0.248. The van der Waals surface area contributed by atoms with Crippen molar-refractivity contribution in [3.8, 4) is 17.6 Å². The van der Waals surface area contributed by atoms with Crippen molar-refractivity contribution in [1.29, 1.82) is 5.26 Å². The van der Waals surface area contributed by atoms with Crippen LogP contribution < -0.4 is 14.8 Å². The lowest BCUT2D eigenvalue weighted by Gasteiger charge is -2.15. The number of nitriles is 1. The van der Waals surface area contributed by atoms with Crippen LogP contribution in [0.3, 0.4) is 0 Å². The van der Waals surface area contributed by atoms with Crippen molar-refractivity contribution in [1.82, 2.24) is 0 Å². The average Bonchev–Trinajstić information content (AvgIpc) is 2.79. The van der Waals surface area contributed by atoms with Crippen LogP contribution in [0.2, 0.25) is 10.0 Å². The molecule has 1 N–H and O–H groups in total. The monoisotopic (exact) mass is 544 g/mol. The minimum Gasteiger partial charge on any atom is -0.490 e. The maximum Gasteiger partial charge on any atom is 0.266 e.